The highest BCUT2D eigenvalue weighted by molar-refractivity contribution is 7.15. The van der Waals surface area contributed by atoms with Crippen LogP contribution in [0.15, 0.2) is 24.3 Å². The number of nitrogens with two attached hydrogens (primary N) is 1. The maximum Gasteiger partial charge on any atom is 0.257 e. The molecule has 1 amide bonds. The number of nitrogens with zero attached hydrogens (tertiary/aromatic N) is 2. The maximum atomic E-state index is 12.1. The van der Waals surface area contributed by atoms with E-state index in [0.29, 0.717) is 22.3 Å². The number of amides is 1. The van der Waals surface area contributed by atoms with Crippen molar-refractivity contribution in [3.8, 4) is 0 Å². The largest absolute Gasteiger partial charge is 0.399 e. The molecule has 1 heterocycles. The van der Waals surface area contributed by atoms with Crippen LogP contribution in [-0.4, -0.2) is 16.1 Å². The Kier molecular flexibility index (Phi) is 6.58. The molecule has 21 heavy (non-hydrogen) atoms. The van der Waals surface area contributed by atoms with Gasteiger partial charge in [-0.3, -0.25) is 10.1 Å². The van der Waals surface area contributed by atoms with Gasteiger partial charge in [0.2, 0.25) is 5.13 Å². The lowest BCUT2D eigenvalue weighted by atomic mass is 10.1. The minimum absolute atomic E-state index is 0. The topological polar surface area (TPSA) is 80.9 Å². The van der Waals surface area contributed by atoms with E-state index in [1.165, 1.54) is 11.3 Å². The van der Waals surface area contributed by atoms with Crippen molar-refractivity contribution in [1.82, 2.24) is 10.2 Å². The zero-order valence-corrected chi connectivity index (χ0v) is 13.6. The second-order valence-corrected chi connectivity index (χ2v) is 5.55. The summed E-state index contributed by atoms with van der Waals surface area (Å²) in [5.74, 6) is 0.190. The Morgan fingerprint density at radius 3 is 2.67 bits per heavy atom. The molecule has 0 saturated carbocycles. The summed E-state index contributed by atoms with van der Waals surface area (Å²) in [7, 11) is 0. The summed E-state index contributed by atoms with van der Waals surface area (Å²) in [6.45, 7) is 4.25. The molecule has 0 atom stereocenters. The van der Waals surface area contributed by atoms with Gasteiger partial charge in [0.15, 0.2) is 0 Å². The zero-order valence-electron chi connectivity index (χ0n) is 12.0. The molecule has 0 bridgehead atoms. The summed E-state index contributed by atoms with van der Waals surface area (Å²) in [6, 6.07) is 6.85. The average molecular weight is 327 g/mol. The molecule has 1 aromatic carbocycles. The van der Waals surface area contributed by atoms with Crippen molar-refractivity contribution < 1.29 is 4.79 Å². The van der Waals surface area contributed by atoms with Crippen molar-refractivity contribution in [2.75, 3.05) is 11.1 Å². The first kappa shape index (κ1) is 17.4. The van der Waals surface area contributed by atoms with Crippen LogP contribution in [0, 0.1) is 0 Å². The second kappa shape index (κ2) is 7.95. The Labute approximate surface area is 134 Å². The molecule has 0 saturated heterocycles. The van der Waals surface area contributed by atoms with E-state index in [4.69, 9.17) is 5.73 Å². The number of aromatic nitrogens is 2. The van der Waals surface area contributed by atoms with Crippen LogP contribution in [0.5, 0.6) is 0 Å². The van der Waals surface area contributed by atoms with Crippen molar-refractivity contribution >= 4 is 40.5 Å². The lowest BCUT2D eigenvalue weighted by Gasteiger charge is -2.05. The molecule has 3 N–H and O–H groups in total. The van der Waals surface area contributed by atoms with Crippen LogP contribution in [0.4, 0.5) is 10.8 Å². The highest BCUT2D eigenvalue weighted by Crippen LogP contribution is 2.28. The standard InChI is InChI=1S/C14H18N4OS.ClH/c1-3-9(4-2)13-17-18-14(20-13)16-12(19)10-6-5-7-11(15)8-10;/h5-9H,3-4,15H2,1-2H3,(H,16,18,19);1H. The summed E-state index contributed by atoms with van der Waals surface area (Å²) in [5, 5.41) is 12.4. The molecule has 0 aliphatic carbocycles. The molecule has 2 rings (SSSR count). The predicted octanol–water partition coefficient (Wildman–Crippen LogP) is 3.70. The Balaban J connectivity index is 0.00000220. The van der Waals surface area contributed by atoms with Gasteiger partial charge < -0.3 is 5.73 Å². The third-order valence-electron chi connectivity index (χ3n) is 3.14. The van der Waals surface area contributed by atoms with Gasteiger partial charge in [0.25, 0.3) is 5.91 Å². The molecular weight excluding hydrogens is 308 g/mol. The molecule has 5 nitrogen and oxygen atoms in total. The Bertz CT molecular complexity index is 598. The lowest BCUT2D eigenvalue weighted by molar-refractivity contribution is 0.102. The second-order valence-electron chi connectivity index (χ2n) is 4.54. The molecular formula is C14H19ClN4OS. The van der Waals surface area contributed by atoms with Gasteiger partial charge >= 0.3 is 0 Å². The smallest absolute Gasteiger partial charge is 0.257 e. The van der Waals surface area contributed by atoms with E-state index in [-0.39, 0.29) is 18.3 Å². The summed E-state index contributed by atoms with van der Waals surface area (Å²) >= 11 is 1.43. The van der Waals surface area contributed by atoms with Gasteiger partial charge in [0, 0.05) is 17.2 Å². The Morgan fingerprint density at radius 1 is 1.33 bits per heavy atom. The number of nitrogens with one attached hydrogen (secondary N) is 1. The van der Waals surface area contributed by atoms with Gasteiger partial charge in [-0.1, -0.05) is 31.3 Å². The summed E-state index contributed by atoms with van der Waals surface area (Å²) < 4.78 is 0. The molecule has 0 spiro atoms. The molecule has 0 radical (unpaired) electrons. The van der Waals surface area contributed by atoms with E-state index in [1.807, 2.05) is 0 Å². The van der Waals surface area contributed by atoms with E-state index in [2.05, 4.69) is 29.4 Å². The van der Waals surface area contributed by atoms with Gasteiger partial charge in [-0.15, -0.1) is 22.6 Å². The van der Waals surface area contributed by atoms with Crippen molar-refractivity contribution in [3.63, 3.8) is 0 Å². The molecule has 0 unspecified atom stereocenters. The molecule has 1 aromatic heterocycles. The normalized spacial score (nSPS) is 10.2. The fourth-order valence-electron chi connectivity index (χ4n) is 1.94. The Morgan fingerprint density at radius 2 is 2.05 bits per heavy atom. The highest BCUT2D eigenvalue weighted by Gasteiger charge is 2.15. The van der Waals surface area contributed by atoms with Gasteiger partial charge in [0.1, 0.15) is 5.01 Å². The van der Waals surface area contributed by atoms with Crippen LogP contribution >= 0.6 is 23.7 Å². The number of carbonyl (C=O) groups is 1. The van der Waals surface area contributed by atoms with E-state index in [0.717, 1.165) is 17.8 Å². The van der Waals surface area contributed by atoms with Crippen LogP contribution in [0.3, 0.4) is 0 Å². The number of hydrogen-bond donors (Lipinski definition) is 2. The molecule has 7 heteroatoms. The molecule has 0 aliphatic heterocycles. The van der Waals surface area contributed by atoms with Crippen LogP contribution in [0.25, 0.3) is 0 Å². The van der Waals surface area contributed by atoms with Crippen molar-refractivity contribution in [2.24, 2.45) is 0 Å². The third-order valence-corrected chi connectivity index (χ3v) is 4.15. The fourth-order valence-corrected chi connectivity index (χ4v) is 2.94. The number of anilines is 2. The Hall–Kier alpha value is -1.66. The van der Waals surface area contributed by atoms with Crippen LogP contribution in [0.2, 0.25) is 0 Å². The van der Waals surface area contributed by atoms with Crippen LogP contribution in [0.1, 0.15) is 48.0 Å². The maximum absolute atomic E-state index is 12.1. The zero-order chi connectivity index (χ0) is 14.5. The van der Waals surface area contributed by atoms with E-state index in [9.17, 15) is 4.79 Å². The van der Waals surface area contributed by atoms with Crippen molar-refractivity contribution in [1.29, 1.82) is 0 Å². The van der Waals surface area contributed by atoms with Crippen molar-refractivity contribution in [2.45, 2.75) is 32.6 Å². The number of benzene rings is 1. The quantitative estimate of drug-likeness (QED) is 0.821. The molecule has 114 valence electrons. The van der Waals surface area contributed by atoms with Gasteiger partial charge in [-0.2, -0.15) is 0 Å². The number of halogens is 1. The van der Waals surface area contributed by atoms with Crippen molar-refractivity contribution in [3.05, 3.63) is 34.8 Å². The monoisotopic (exact) mass is 326 g/mol. The third kappa shape index (κ3) is 4.41. The van der Waals surface area contributed by atoms with E-state index in [1.54, 1.807) is 24.3 Å². The minimum atomic E-state index is -0.218. The molecule has 0 aliphatic rings. The van der Waals surface area contributed by atoms with Gasteiger partial charge in [-0.05, 0) is 31.0 Å². The number of rotatable bonds is 5. The summed E-state index contributed by atoms with van der Waals surface area (Å²) in [5.41, 5.74) is 6.74. The molecule has 0 fully saturated rings. The molecule has 2 aromatic rings. The number of carbonyl (C=O) groups excluding carboxylic acids is 1. The number of hydrogen-bond acceptors (Lipinski definition) is 5. The van der Waals surface area contributed by atoms with E-state index >= 15 is 0 Å². The van der Waals surface area contributed by atoms with Crippen LogP contribution < -0.4 is 11.1 Å². The van der Waals surface area contributed by atoms with Gasteiger partial charge in [-0.25, -0.2) is 0 Å². The number of nitrogen functional groups attached to an aromatic ring is 1. The highest BCUT2D eigenvalue weighted by atomic mass is 35.5. The minimum Gasteiger partial charge on any atom is -0.399 e. The predicted molar refractivity (Wildman–Crippen MR) is 89.3 cm³/mol. The van der Waals surface area contributed by atoms with Gasteiger partial charge in [0.05, 0.1) is 0 Å². The summed E-state index contributed by atoms with van der Waals surface area (Å²) in [6.07, 6.45) is 2.04. The van der Waals surface area contributed by atoms with Crippen LogP contribution in [-0.2, 0) is 0 Å². The lowest BCUT2D eigenvalue weighted by Crippen LogP contribution is -2.11. The SMILES string of the molecule is CCC(CC)c1nnc(NC(=O)c2cccc(N)c2)s1.Cl. The first-order valence-electron chi connectivity index (χ1n) is 6.64. The fraction of sp³-hybridized carbons (Fsp3) is 0.357. The first-order valence-corrected chi connectivity index (χ1v) is 7.46. The first-order chi connectivity index (χ1) is 9.63. The average Bonchev–Trinajstić information content (AvgIpc) is 2.88. The summed E-state index contributed by atoms with van der Waals surface area (Å²) in [4.78, 5) is 12.1. The van der Waals surface area contributed by atoms with E-state index < -0.39 is 0 Å².